The molecule has 7 heteroatoms. The minimum absolute atomic E-state index is 0.0289. The maximum Gasteiger partial charge on any atom is 0.221 e. The molecule has 2 aromatic heterocycles. The van der Waals surface area contributed by atoms with Gasteiger partial charge in [0.25, 0.3) is 0 Å². The smallest absolute Gasteiger partial charge is 0.221 e. The molecule has 0 bridgehead atoms. The Bertz CT molecular complexity index is 628. The summed E-state index contributed by atoms with van der Waals surface area (Å²) in [7, 11) is 1.87. The van der Waals surface area contributed by atoms with Gasteiger partial charge in [0.15, 0.2) is 5.65 Å². The van der Waals surface area contributed by atoms with Crippen LogP contribution >= 0.6 is 11.6 Å². The number of aromatic nitrogens is 4. The van der Waals surface area contributed by atoms with E-state index in [1.54, 1.807) is 4.68 Å². The number of nitrogens with zero attached hydrogens (tertiary/aromatic N) is 4. The second-order valence-corrected chi connectivity index (χ2v) is 5.43. The molecule has 2 heterocycles. The second kappa shape index (κ2) is 5.83. The van der Waals surface area contributed by atoms with E-state index < -0.39 is 0 Å². The van der Waals surface area contributed by atoms with E-state index in [9.17, 15) is 4.79 Å². The van der Waals surface area contributed by atoms with Crippen LogP contribution < -0.4 is 5.32 Å². The number of halogens is 1. The molecule has 2 aromatic rings. The van der Waals surface area contributed by atoms with Crippen molar-refractivity contribution in [1.29, 1.82) is 0 Å². The summed E-state index contributed by atoms with van der Waals surface area (Å²) in [6, 6.07) is 0.150. The van der Waals surface area contributed by atoms with E-state index in [2.05, 4.69) is 15.4 Å². The highest BCUT2D eigenvalue weighted by Crippen LogP contribution is 2.20. The van der Waals surface area contributed by atoms with Crippen molar-refractivity contribution in [2.24, 2.45) is 7.05 Å². The quantitative estimate of drug-likeness (QED) is 0.855. The van der Waals surface area contributed by atoms with Crippen molar-refractivity contribution in [3.63, 3.8) is 0 Å². The van der Waals surface area contributed by atoms with E-state index >= 15 is 0 Å². The predicted molar refractivity (Wildman–Crippen MR) is 78.7 cm³/mol. The largest absolute Gasteiger partial charge is 0.354 e. The molecule has 0 unspecified atom stereocenters. The van der Waals surface area contributed by atoms with Crippen molar-refractivity contribution in [3.05, 3.63) is 11.5 Å². The Labute approximate surface area is 123 Å². The molecule has 0 aliphatic heterocycles. The molecule has 1 amide bonds. The summed E-state index contributed by atoms with van der Waals surface area (Å²) in [4.78, 5) is 16.3. The van der Waals surface area contributed by atoms with Crippen LogP contribution in [0.1, 0.15) is 31.8 Å². The first kappa shape index (κ1) is 14.8. The predicted octanol–water partition coefficient (Wildman–Crippen LogP) is 1.73. The zero-order valence-electron chi connectivity index (χ0n) is 12.3. The number of nitrogens with one attached hydrogen (secondary N) is 1. The van der Waals surface area contributed by atoms with Gasteiger partial charge in [-0.25, -0.2) is 4.98 Å². The van der Waals surface area contributed by atoms with Crippen molar-refractivity contribution in [2.45, 2.75) is 45.7 Å². The molecule has 0 atom stereocenters. The summed E-state index contributed by atoms with van der Waals surface area (Å²) >= 11 is 5.95. The van der Waals surface area contributed by atoms with Gasteiger partial charge in [-0.3, -0.25) is 9.48 Å². The lowest BCUT2D eigenvalue weighted by Gasteiger charge is -2.10. The molecule has 0 spiro atoms. The van der Waals surface area contributed by atoms with Crippen LogP contribution in [0.5, 0.6) is 0 Å². The van der Waals surface area contributed by atoms with Crippen molar-refractivity contribution in [1.82, 2.24) is 24.6 Å². The minimum atomic E-state index is 0.0289. The molecule has 20 heavy (non-hydrogen) atoms. The number of fused-ring (bicyclic) bond motifs is 1. The van der Waals surface area contributed by atoms with E-state index in [4.69, 9.17) is 11.6 Å². The number of aryl methyl sites for hydroxylation is 3. The highest BCUT2D eigenvalue weighted by atomic mass is 35.5. The number of alkyl halides is 1. The van der Waals surface area contributed by atoms with Crippen molar-refractivity contribution in [3.8, 4) is 0 Å². The Morgan fingerprint density at radius 2 is 2.15 bits per heavy atom. The van der Waals surface area contributed by atoms with Crippen molar-refractivity contribution >= 4 is 28.7 Å². The Hall–Kier alpha value is -1.56. The fraction of sp³-hybridized carbons (Fsp3) is 0.615. The van der Waals surface area contributed by atoms with E-state index in [0.29, 0.717) is 18.8 Å². The van der Waals surface area contributed by atoms with Crippen LogP contribution in [0.4, 0.5) is 0 Å². The number of carbonyl (C=O) groups is 1. The van der Waals surface area contributed by atoms with Gasteiger partial charge in [-0.15, -0.1) is 11.6 Å². The first-order valence-corrected chi connectivity index (χ1v) is 7.21. The fourth-order valence-corrected chi connectivity index (χ4v) is 2.53. The summed E-state index contributed by atoms with van der Waals surface area (Å²) in [6.07, 6.45) is 0.401. The average molecular weight is 298 g/mol. The van der Waals surface area contributed by atoms with Crippen molar-refractivity contribution in [2.75, 3.05) is 0 Å². The van der Waals surface area contributed by atoms with Crippen LogP contribution in [0.3, 0.4) is 0 Å². The molecule has 0 radical (unpaired) electrons. The van der Waals surface area contributed by atoms with Gasteiger partial charge in [-0.1, -0.05) is 0 Å². The van der Waals surface area contributed by atoms with E-state index in [1.165, 1.54) is 0 Å². The van der Waals surface area contributed by atoms with Crippen molar-refractivity contribution < 1.29 is 4.79 Å². The van der Waals surface area contributed by atoms with E-state index in [-0.39, 0.29) is 11.9 Å². The Morgan fingerprint density at radius 1 is 1.45 bits per heavy atom. The molecule has 0 aromatic carbocycles. The first-order valence-electron chi connectivity index (χ1n) is 6.68. The zero-order chi connectivity index (χ0) is 14.9. The van der Waals surface area contributed by atoms with Gasteiger partial charge in [-0.2, -0.15) is 5.10 Å². The third-order valence-electron chi connectivity index (χ3n) is 3.10. The molecule has 6 nitrogen and oxygen atoms in total. The lowest BCUT2D eigenvalue weighted by molar-refractivity contribution is -0.121. The number of carbonyl (C=O) groups excluding carboxylic acids is 1. The molecular formula is C13H20ClN5O. The monoisotopic (exact) mass is 297 g/mol. The summed E-state index contributed by atoms with van der Waals surface area (Å²) in [5, 5.41) is 7.23. The van der Waals surface area contributed by atoms with Crippen LogP contribution in [0.15, 0.2) is 0 Å². The SMILES string of the molecule is Cc1nn(C)c2c1nc(CCl)n2CCC(=O)NC(C)C. The highest BCUT2D eigenvalue weighted by molar-refractivity contribution is 6.16. The van der Waals surface area contributed by atoms with Crippen LogP contribution in [0, 0.1) is 6.92 Å². The maximum absolute atomic E-state index is 11.8. The summed E-state index contributed by atoms with van der Waals surface area (Å²) in [5.41, 5.74) is 2.64. The molecule has 0 saturated heterocycles. The Kier molecular flexibility index (Phi) is 4.32. The third-order valence-corrected chi connectivity index (χ3v) is 3.34. The molecule has 110 valence electrons. The van der Waals surface area contributed by atoms with Gasteiger partial charge < -0.3 is 9.88 Å². The van der Waals surface area contributed by atoms with Crippen LogP contribution in [0.25, 0.3) is 11.2 Å². The Morgan fingerprint density at radius 3 is 2.75 bits per heavy atom. The van der Waals surface area contributed by atoms with Gasteiger partial charge >= 0.3 is 0 Å². The van der Waals surface area contributed by atoms with E-state index in [1.807, 2.05) is 32.4 Å². The molecule has 0 fully saturated rings. The number of hydrogen-bond donors (Lipinski definition) is 1. The van der Waals surface area contributed by atoms with Crippen LogP contribution in [0.2, 0.25) is 0 Å². The summed E-state index contributed by atoms with van der Waals surface area (Å²) in [5.74, 6) is 1.12. The summed E-state index contributed by atoms with van der Waals surface area (Å²) < 4.78 is 3.76. The number of imidazole rings is 1. The fourth-order valence-electron chi connectivity index (χ4n) is 2.32. The second-order valence-electron chi connectivity index (χ2n) is 5.17. The van der Waals surface area contributed by atoms with Gasteiger partial charge in [0.2, 0.25) is 5.91 Å². The molecule has 0 saturated carbocycles. The molecular weight excluding hydrogens is 278 g/mol. The lowest BCUT2D eigenvalue weighted by atomic mass is 10.3. The summed E-state index contributed by atoms with van der Waals surface area (Å²) in [6.45, 7) is 6.36. The first-order chi connectivity index (χ1) is 9.43. The molecule has 0 aliphatic carbocycles. The van der Waals surface area contributed by atoms with Gasteiger partial charge in [0.1, 0.15) is 11.3 Å². The van der Waals surface area contributed by atoms with E-state index in [0.717, 1.165) is 22.7 Å². The Balaban J connectivity index is 2.26. The third kappa shape index (κ3) is 2.80. The highest BCUT2D eigenvalue weighted by Gasteiger charge is 2.17. The van der Waals surface area contributed by atoms with Crippen LogP contribution in [-0.2, 0) is 24.3 Å². The number of amides is 1. The lowest BCUT2D eigenvalue weighted by Crippen LogP contribution is -2.30. The molecule has 2 rings (SSSR count). The zero-order valence-corrected chi connectivity index (χ0v) is 13.0. The van der Waals surface area contributed by atoms with Crippen LogP contribution in [-0.4, -0.2) is 31.3 Å². The number of hydrogen-bond acceptors (Lipinski definition) is 3. The standard InChI is InChI=1S/C13H20ClN5O/c1-8(2)15-11(20)5-6-19-10(7-14)16-12-9(3)17-18(4)13(12)19/h8H,5-7H2,1-4H3,(H,15,20). The minimum Gasteiger partial charge on any atom is -0.354 e. The molecule has 0 aliphatic rings. The van der Waals surface area contributed by atoms with Gasteiger partial charge in [0, 0.05) is 26.1 Å². The maximum atomic E-state index is 11.8. The topological polar surface area (TPSA) is 64.7 Å². The van der Waals surface area contributed by atoms with Gasteiger partial charge in [0.05, 0.1) is 11.6 Å². The average Bonchev–Trinajstić information content (AvgIpc) is 2.85. The normalized spacial score (nSPS) is 11.5. The molecule has 1 N–H and O–H groups in total. The van der Waals surface area contributed by atoms with Gasteiger partial charge in [-0.05, 0) is 20.8 Å². The number of rotatable bonds is 5.